The second-order valence-electron chi connectivity index (χ2n) is 4.48. The van der Waals surface area contributed by atoms with Crippen molar-refractivity contribution in [2.75, 3.05) is 0 Å². The quantitative estimate of drug-likeness (QED) is 0.750. The Morgan fingerprint density at radius 3 is 2.48 bits per heavy atom. The summed E-state index contributed by atoms with van der Waals surface area (Å²) in [5, 5.41) is 14.4. The first-order valence-corrected chi connectivity index (χ1v) is 7.55. The summed E-state index contributed by atoms with van der Waals surface area (Å²) in [5.74, 6) is 0. The van der Waals surface area contributed by atoms with Crippen LogP contribution in [-0.4, -0.2) is 18.4 Å². The van der Waals surface area contributed by atoms with E-state index in [4.69, 9.17) is 10.4 Å². The summed E-state index contributed by atoms with van der Waals surface area (Å²) in [6.45, 7) is 0. The molecule has 0 radical (unpaired) electrons. The number of nitrogens with one attached hydrogen (secondary N) is 1. The summed E-state index contributed by atoms with van der Waals surface area (Å²) in [4.78, 5) is 7.21. The van der Waals surface area contributed by atoms with Gasteiger partial charge in [0.2, 0.25) is 10.0 Å². The molecule has 0 spiro atoms. The van der Waals surface area contributed by atoms with E-state index in [1.807, 2.05) is 6.07 Å². The van der Waals surface area contributed by atoms with Gasteiger partial charge < -0.3 is 4.98 Å². The molecule has 21 heavy (non-hydrogen) atoms. The fraction of sp³-hybridized carbons (Fsp3) is 0. The van der Waals surface area contributed by atoms with Gasteiger partial charge in [0.05, 0.1) is 17.3 Å². The number of sulfonamides is 1. The Morgan fingerprint density at radius 2 is 1.86 bits per heavy atom. The molecule has 7 heteroatoms. The van der Waals surface area contributed by atoms with Gasteiger partial charge in [0.25, 0.3) is 0 Å². The lowest BCUT2D eigenvalue weighted by atomic mass is 10.1. The number of nitrogens with zero attached hydrogens (tertiary/aromatic N) is 2. The molecule has 104 valence electrons. The molecular weight excluding hydrogens is 288 g/mol. The number of aromatic amines is 1. The van der Waals surface area contributed by atoms with E-state index >= 15 is 0 Å². The minimum Gasteiger partial charge on any atom is -0.345 e. The normalized spacial score (nSPS) is 11.4. The first-order valence-electron chi connectivity index (χ1n) is 6.00. The summed E-state index contributed by atoms with van der Waals surface area (Å²) in [5.41, 5.74) is 2.52. The maximum atomic E-state index is 11.4. The van der Waals surface area contributed by atoms with E-state index in [2.05, 4.69) is 9.97 Å². The molecular formula is C14H10N4O2S. The molecule has 0 aliphatic carbocycles. The predicted octanol–water partition coefficient (Wildman–Crippen LogP) is 1.75. The molecule has 2 heterocycles. The van der Waals surface area contributed by atoms with Crippen molar-refractivity contribution >= 4 is 21.1 Å². The van der Waals surface area contributed by atoms with Crippen LogP contribution in [0, 0.1) is 11.3 Å². The number of pyridine rings is 1. The molecule has 0 saturated heterocycles. The molecule has 3 N–H and O–H groups in total. The average molecular weight is 298 g/mol. The average Bonchev–Trinajstić information content (AvgIpc) is 2.90. The molecule has 3 rings (SSSR count). The number of hydrogen-bond acceptors (Lipinski definition) is 4. The highest BCUT2D eigenvalue weighted by molar-refractivity contribution is 7.89. The molecule has 0 bridgehead atoms. The number of nitriles is 1. The van der Waals surface area contributed by atoms with Crippen LogP contribution in [0.1, 0.15) is 5.56 Å². The molecule has 6 nitrogen and oxygen atoms in total. The molecule has 0 amide bonds. The minimum atomic E-state index is -3.78. The smallest absolute Gasteiger partial charge is 0.240 e. The maximum Gasteiger partial charge on any atom is 0.240 e. The lowest BCUT2D eigenvalue weighted by molar-refractivity contribution is 0.598. The standard InChI is InChI=1S/C14H10N4O2S/c15-7-9-1-3-10(4-2-9)12-6-5-11-13(21(16,19)20)8-17-14(11)18-12/h1-6,8H,(H,17,18)(H2,16,19,20). The first kappa shape index (κ1) is 13.3. The number of H-pyrrole nitrogens is 1. The number of rotatable bonds is 2. The second-order valence-corrected chi connectivity index (χ2v) is 6.01. The van der Waals surface area contributed by atoms with Crippen LogP contribution in [-0.2, 0) is 10.0 Å². The highest BCUT2D eigenvalue weighted by Gasteiger charge is 2.15. The van der Waals surface area contributed by atoms with Crippen molar-refractivity contribution in [3.63, 3.8) is 0 Å². The van der Waals surface area contributed by atoms with Crippen molar-refractivity contribution in [2.45, 2.75) is 4.90 Å². The highest BCUT2D eigenvalue weighted by Crippen LogP contribution is 2.24. The Labute approximate surface area is 120 Å². The van der Waals surface area contributed by atoms with E-state index in [0.29, 0.717) is 22.3 Å². The monoisotopic (exact) mass is 298 g/mol. The molecule has 0 saturated carbocycles. The van der Waals surface area contributed by atoms with Crippen molar-refractivity contribution < 1.29 is 8.42 Å². The summed E-state index contributed by atoms with van der Waals surface area (Å²) in [6.07, 6.45) is 1.33. The number of fused-ring (bicyclic) bond motifs is 1. The van der Waals surface area contributed by atoms with E-state index < -0.39 is 10.0 Å². The lowest BCUT2D eigenvalue weighted by Gasteiger charge is -2.01. The largest absolute Gasteiger partial charge is 0.345 e. The number of benzene rings is 1. The molecule has 3 aromatic rings. The van der Waals surface area contributed by atoms with Crippen LogP contribution < -0.4 is 5.14 Å². The van der Waals surface area contributed by atoms with Crippen molar-refractivity contribution in [3.05, 3.63) is 48.2 Å². The molecule has 1 aromatic carbocycles. The van der Waals surface area contributed by atoms with Crippen molar-refractivity contribution in [1.29, 1.82) is 5.26 Å². The summed E-state index contributed by atoms with van der Waals surface area (Å²) >= 11 is 0. The van der Waals surface area contributed by atoms with E-state index in [1.54, 1.807) is 36.4 Å². The van der Waals surface area contributed by atoms with Crippen LogP contribution in [0.4, 0.5) is 0 Å². The Morgan fingerprint density at radius 1 is 1.14 bits per heavy atom. The Bertz CT molecular complexity index is 966. The van der Waals surface area contributed by atoms with Crippen LogP contribution in [0.5, 0.6) is 0 Å². The molecule has 0 fully saturated rings. The minimum absolute atomic E-state index is 0.0244. The van der Waals surface area contributed by atoms with Gasteiger partial charge in [-0.15, -0.1) is 0 Å². The fourth-order valence-corrected chi connectivity index (χ4v) is 2.79. The molecule has 2 aromatic heterocycles. The number of primary sulfonamides is 1. The third-order valence-electron chi connectivity index (χ3n) is 3.12. The van der Waals surface area contributed by atoms with Crippen molar-refractivity contribution in [3.8, 4) is 17.3 Å². The molecule has 0 aliphatic rings. The van der Waals surface area contributed by atoms with Crippen molar-refractivity contribution in [2.24, 2.45) is 5.14 Å². The van der Waals surface area contributed by atoms with Gasteiger partial charge in [-0.05, 0) is 24.3 Å². The zero-order valence-electron chi connectivity index (χ0n) is 10.7. The van der Waals surface area contributed by atoms with E-state index in [9.17, 15) is 8.42 Å². The first-order chi connectivity index (χ1) is 9.99. The topological polar surface area (TPSA) is 113 Å². The molecule has 0 aliphatic heterocycles. The van der Waals surface area contributed by atoms with Crippen LogP contribution in [0.2, 0.25) is 0 Å². The van der Waals surface area contributed by atoms with E-state index in [-0.39, 0.29) is 4.90 Å². The van der Waals surface area contributed by atoms with Gasteiger partial charge in [-0.1, -0.05) is 12.1 Å². The van der Waals surface area contributed by atoms with Gasteiger partial charge in [-0.3, -0.25) is 0 Å². The van der Waals surface area contributed by atoms with Gasteiger partial charge in [0, 0.05) is 17.1 Å². The van der Waals surface area contributed by atoms with Crippen LogP contribution in [0.3, 0.4) is 0 Å². The SMILES string of the molecule is N#Cc1ccc(-c2ccc3c(S(N)(=O)=O)c[nH]c3n2)cc1. The fourth-order valence-electron chi connectivity index (χ4n) is 2.09. The van der Waals surface area contributed by atoms with Gasteiger partial charge in [0.15, 0.2) is 0 Å². The number of aromatic nitrogens is 2. The van der Waals surface area contributed by atoms with Gasteiger partial charge in [-0.2, -0.15) is 5.26 Å². The van der Waals surface area contributed by atoms with Gasteiger partial charge >= 0.3 is 0 Å². The van der Waals surface area contributed by atoms with E-state index in [1.165, 1.54) is 6.20 Å². The number of nitrogens with two attached hydrogens (primary N) is 1. The lowest BCUT2D eigenvalue weighted by Crippen LogP contribution is -2.11. The van der Waals surface area contributed by atoms with Crippen LogP contribution >= 0.6 is 0 Å². The van der Waals surface area contributed by atoms with Gasteiger partial charge in [-0.25, -0.2) is 18.5 Å². The summed E-state index contributed by atoms with van der Waals surface area (Å²) < 4.78 is 22.9. The predicted molar refractivity (Wildman–Crippen MR) is 77.6 cm³/mol. The van der Waals surface area contributed by atoms with Gasteiger partial charge in [0.1, 0.15) is 10.5 Å². The number of hydrogen-bond donors (Lipinski definition) is 2. The zero-order chi connectivity index (χ0) is 15.0. The van der Waals surface area contributed by atoms with Crippen molar-refractivity contribution in [1.82, 2.24) is 9.97 Å². The molecule has 0 atom stereocenters. The third-order valence-corrected chi connectivity index (χ3v) is 4.07. The highest BCUT2D eigenvalue weighted by atomic mass is 32.2. The van der Waals surface area contributed by atoms with E-state index in [0.717, 1.165) is 5.56 Å². The summed E-state index contributed by atoms with van der Waals surface area (Å²) in [6, 6.07) is 12.4. The van der Waals surface area contributed by atoms with Crippen LogP contribution in [0.25, 0.3) is 22.3 Å². The zero-order valence-corrected chi connectivity index (χ0v) is 11.6. The van der Waals surface area contributed by atoms with Crippen LogP contribution in [0.15, 0.2) is 47.5 Å². The third kappa shape index (κ3) is 2.38. The second kappa shape index (κ2) is 4.70. The maximum absolute atomic E-state index is 11.4. The Kier molecular flexibility index (Phi) is 2.97. The summed E-state index contributed by atoms with van der Waals surface area (Å²) in [7, 11) is -3.78. The Balaban J connectivity index is 2.12. The Hall–Kier alpha value is -2.69. The molecule has 0 unspecified atom stereocenters.